The number of benzene rings is 1. The van der Waals surface area contributed by atoms with Gasteiger partial charge in [-0.05, 0) is 17.9 Å². The van der Waals surface area contributed by atoms with Crippen molar-refractivity contribution in [3.63, 3.8) is 0 Å². The van der Waals surface area contributed by atoms with Gasteiger partial charge >= 0.3 is 0 Å². The zero-order valence-corrected chi connectivity index (χ0v) is 7.92. The van der Waals surface area contributed by atoms with Crippen LogP contribution in [0.5, 0.6) is 0 Å². The van der Waals surface area contributed by atoms with Gasteiger partial charge in [0.2, 0.25) is 0 Å². The van der Waals surface area contributed by atoms with Crippen LogP contribution in [-0.4, -0.2) is 13.6 Å². The molecule has 1 saturated carbocycles. The summed E-state index contributed by atoms with van der Waals surface area (Å²) in [4.78, 5) is 11.1. The van der Waals surface area contributed by atoms with Crippen LogP contribution in [-0.2, 0) is 4.79 Å². The molecule has 0 aromatic heterocycles. The first-order valence-corrected chi connectivity index (χ1v) is 4.84. The van der Waals surface area contributed by atoms with Crippen LogP contribution in [0.1, 0.15) is 30.7 Å². The lowest BCUT2D eigenvalue weighted by Gasteiger charge is -2.07. The second-order valence-corrected chi connectivity index (χ2v) is 3.89. The fourth-order valence-electron chi connectivity index (χ4n) is 1.94. The summed E-state index contributed by atoms with van der Waals surface area (Å²) in [5.74, 6) is 0.915. The number of rotatable bonds is 1. The topological polar surface area (TPSA) is 17.1 Å². The summed E-state index contributed by atoms with van der Waals surface area (Å²) in [5.41, 5.74) is 2.62. The van der Waals surface area contributed by atoms with Gasteiger partial charge in [-0.3, -0.25) is 4.79 Å². The SMILES string of the molecule is Bc1ccc([C@H]2CCC(=O)C2)cc1. The summed E-state index contributed by atoms with van der Waals surface area (Å²) in [6.45, 7) is 0. The van der Waals surface area contributed by atoms with Gasteiger partial charge in [0.05, 0.1) is 0 Å². The van der Waals surface area contributed by atoms with E-state index >= 15 is 0 Å². The Hall–Kier alpha value is -1.05. The van der Waals surface area contributed by atoms with Crippen LogP contribution in [0.3, 0.4) is 0 Å². The molecule has 0 amide bonds. The van der Waals surface area contributed by atoms with E-state index in [1.54, 1.807) is 0 Å². The maximum Gasteiger partial charge on any atom is 0.139 e. The third kappa shape index (κ3) is 1.82. The highest BCUT2D eigenvalue weighted by Crippen LogP contribution is 2.31. The summed E-state index contributed by atoms with van der Waals surface area (Å²) in [7, 11) is 2.09. The Balaban J connectivity index is 2.17. The lowest BCUT2D eigenvalue weighted by Crippen LogP contribution is -2.02. The van der Waals surface area contributed by atoms with Crippen LogP contribution in [0.4, 0.5) is 0 Å². The predicted octanol–water partition coefficient (Wildman–Crippen LogP) is 0.782. The summed E-state index contributed by atoms with van der Waals surface area (Å²) >= 11 is 0. The van der Waals surface area contributed by atoms with Gasteiger partial charge in [-0.15, -0.1) is 0 Å². The van der Waals surface area contributed by atoms with Crippen molar-refractivity contribution in [3.8, 4) is 0 Å². The Morgan fingerprint density at radius 1 is 1.23 bits per heavy atom. The van der Waals surface area contributed by atoms with Crippen molar-refractivity contribution in [1.82, 2.24) is 0 Å². The molecule has 0 bridgehead atoms. The first-order valence-electron chi connectivity index (χ1n) is 4.84. The van der Waals surface area contributed by atoms with Gasteiger partial charge in [-0.25, -0.2) is 0 Å². The van der Waals surface area contributed by atoms with E-state index in [-0.39, 0.29) is 0 Å². The molecule has 1 aromatic rings. The molecule has 66 valence electrons. The molecule has 13 heavy (non-hydrogen) atoms. The molecule has 0 radical (unpaired) electrons. The zero-order valence-electron chi connectivity index (χ0n) is 7.92. The minimum atomic E-state index is 0.422. The van der Waals surface area contributed by atoms with E-state index in [0.717, 1.165) is 19.3 Å². The number of carbonyl (C=O) groups is 1. The smallest absolute Gasteiger partial charge is 0.139 e. The third-order valence-electron chi connectivity index (χ3n) is 2.79. The van der Waals surface area contributed by atoms with E-state index in [4.69, 9.17) is 0 Å². The monoisotopic (exact) mass is 172 g/mol. The fraction of sp³-hybridized carbons (Fsp3) is 0.364. The minimum absolute atomic E-state index is 0.422. The van der Waals surface area contributed by atoms with Gasteiger partial charge < -0.3 is 0 Å². The minimum Gasteiger partial charge on any atom is -0.300 e. The lowest BCUT2D eigenvalue weighted by atomic mass is 9.91. The molecule has 1 aliphatic rings. The Labute approximate surface area is 79.6 Å². The molecule has 1 aliphatic carbocycles. The van der Waals surface area contributed by atoms with Gasteiger partial charge in [0.25, 0.3) is 0 Å². The molecule has 0 spiro atoms. The molecule has 0 unspecified atom stereocenters. The normalized spacial score (nSPS) is 22.2. The Morgan fingerprint density at radius 2 is 1.92 bits per heavy atom. The second kappa shape index (κ2) is 3.37. The van der Waals surface area contributed by atoms with Crippen molar-refractivity contribution in [1.29, 1.82) is 0 Å². The van der Waals surface area contributed by atoms with E-state index < -0.39 is 0 Å². The van der Waals surface area contributed by atoms with Gasteiger partial charge in [0, 0.05) is 12.8 Å². The molecule has 2 rings (SSSR count). The van der Waals surface area contributed by atoms with Crippen LogP contribution < -0.4 is 5.46 Å². The van der Waals surface area contributed by atoms with E-state index in [1.165, 1.54) is 11.0 Å². The van der Waals surface area contributed by atoms with Gasteiger partial charge in [-0.2, -0.15) is 0 Å². The molecule has 0 heterocycles. The van der Waals surface area contributed by atoms with Crippen molar-refractivity contribution in [2.75, 3.05) is 0 Å². The summed E-state index contributed by atoms with van der Waals surface area (Å²) in [6.07, 6.45) is 2.57. The van der Waals surface area contributed by atoms with Crippen molar-refractivity contribution < 1.29 is 4.79 Å². The lowest BCUT2D eigenvalue weighted by molar-refractivity contribution is -0.117. The van der Waals surface area contributed by atoms with Crippen LogP contribution >= 0.6 is 0 Å². The standard InChI is InChI=1S/C11H13BO/c12-10-4-1-8(2-5-10)9-3-6-11(13)7-9/h1-2,4-5,9H,3,6-7,12H2/t9-/m0/s1. The molecule has 1 nitrogen and oxygen atoms in total. The van der Waals surface area contributed by atoms with E-state index in [0.29, 0.717) is 11.7 Å². The van der Waals surface area contributed by atoms with Crippen LogP contribution in [0.15, 0.2) is 24.3 Å². The number of hydrogen-bond donors (Lipinski definition) is 0. The highest BCUT2D eigenvalue weighted by molar-refractivity contribution is 6.32. The number of hydrogen-bond acceptors (Lipinski definition) is 1. The summed E-state index contributed by atoms with van der Waals surface area (Å²) in [5, 5.41) is 0. The first-order chi connectivity index (χ1) is 6.25. The Morgan fingerprint density at radius 3 is 2.46 bits per heavy atom. The van der Waals surface area contributed by atoms with Crippen molar-refractivity contribution in [2.24, 2.45) is 0 Å². The van der Waals surface area contributed by atoms with Crippen LogP contribution in [0.25, 0.3) is 0 Å². The molecular formula is C11H13BO. The van der Waals surface area contributed by atoms with E-state index in [1.807, 2.05) is 0 Å². The van der Waals surface area contributed by atoms with Gasteiger partial charge in [0.1, 0.15) is 13.6 Å². The van der Waals surface area contributed by atoms with Crippen LogP contribution in [0, 0.1) is 0 Å². The number of Topliss-reactive ketones (excluding diaryl/α,β-unsaturated/α-hetero) is 1. The third-order valence-corrected chi connectivity index (χ3v) is 2.79. The Kier molecular flexibility index (Phi) is 2.21. The van der Waals surface area contributed by atoms with Crippen molar-refractivity contribution >= 4 is 19.1 Å². The van der Waals surface area contributed by atoms with Crippen molar-refractivity contribution in [3.05, 3.63) is 29.8 Å². The second-order valence-electron chi connectivity index (χ2n) is 3.89. The molecular weight excluding hydrogens is 159 g/mol. The van der Waals surface area contributed by atoms with E-state index in [9.17, 15) is 4.79 Å². The van der Waals surface area contributed by atoms with Gasteiger partial charge in [0.15, 0.2) is 0 Å². The molecule has 1 atom stereocenters. The quantitative estimate of drug-likeness (QED) is 0.572. The maximum atomic E-state index is 11.1. The molecule has 0 saturated heterocycles. The molecule has 0 N–H and O–H groups in total. The largest absolute Gasteiger partial charge is 0.300 e. The highest BCUT2D eigenvalue weighted by atomic mass is 16.1. The summed E-state index contributed by atoms with van der Waals surface area (Å²) < 4.78 is 0. The summed E-state index contributed by atoms with van der Waals surface area (Å²) in [6, 6.07) is 8.55. The Bertz CT molecular complexity index is 315. The number of ketones is 1. The first kappa shape index (κ1) is 8.55. The molecule has 2 heteroatoms. The molecule has 1 aromatic carbocycles. The van der Waals surface area contributed by atoms with Crippen molar-refractivity contribution in [2.45, 2.75) is 25.2 Å². The van der Waals surface area contributed by atoms with E-state index in [2.05, 4.69) is 32.1 Å². The highest BCUT2D eigenvalue weighted by Gasteiger charge is 2.22. The molecule has 1 fully saturated rings. The fourth-order valence-corrected chi connectivity index (χ4v) is 1.94. The maximum absolute atomic E-state index is 11.1. The average molecular weight is 172 g/mol. The van der Waals surface area contributed by atoms with Gasteiger partial charge in [-0.1, -0.05) is 29.7 Å². The molecule has 0 aliphatic heterocycles. The zero-order chi connectivity index (χ0) is 9.26. The van der Waals surface area contributed by atoms with Crippen LogP contribution in [0.2, 0.25) is 0 Å². The number of carbonyl (C=O) groups excluding carboxylic acids is 1. The average Bonchev–Trinajstić information content (AvgIpc) is 2.53. The predicted molar refractivity (Wildman–Crippen MR) is 56.2 cm³/mol.